The fraction of sp³-hybridized carbons (Fsp3) is 0.632. The van der Waals surface area contributed by atoms with E-state index in [2.05, 4.69) is 16.0 Å². The number of hydrogen-bond donors (Lipinski definition) is 8. The van der Waals surface area contributed by atoms with Crippen molar-refractivity contribution in [3.63, 3.8) is 0 Å². The molecule has 0 aromatic heterocycles. The molecular weight excluding hydrogens is 490 g/mol. The summed E-state index contributed by atoms with van der Waals surface area (Å²) in [7, 11) is 0. The van der Waals surface area contributed by atoms with E-state index < -0.39 is 91.4 Å². The van der Waals surface area contributed by atoms with Crippen LogP contribution in [0.2, 0.25) is 0 Å². The lowest BCUT2D eigenvalue weighted by molar-refractivity contribution is -0.144. The topological polar surface area (TPSA) is 268 Å². The number of primary amides is 1. The molecule has 0 aliphatic heterocycles. The Morgan fingerprint density at radius 2 is 1.26 bits per heavy atom. The first-order valence-corrected chi connectivity index (χ1v) is 11.8. The normalized spacial score (nSPS) is 14.0. The lowest BCUT2D eigenvalue weighted by atomic mass is 10.1. The molecule has 0 fully saturated rings. The molecule has 0 aliphatic rings. The van der Waals surface area contributed by atoms with Crippen molar-refractivity contribution < 1.29 is 48.9 Å². The Balaban J connectivity index is 5.56. The Morgan fingerprint density at radius 1 is 0.743 bits per heavy atom. The number of nitrogens with one attached hydrogen (secondary N) is 3. The largest absolute Gasteiger partial charge is 0.481 e. The summed E-state index contributed by atoms with van der Waals surface area (Å²) in [6.07, 6.45) is -0.616. The minimum atomic E-state index is -1.63. The summed E-state index contributed by atoms with van der Waals surface area (Å²) >= 11 is 1.42. The van der Waals surface area contributed by atoms with Gasteiger partial charge in [-0.25, -0.2) is 4.79 Å². The minimum absolute atomic E-state index is 0.255. The molecule has 0 aromatic carbocycles. The van der Waals surface area contributed by atoms with Gasteiger partial charge in [0, 0.05) is 12.8 Å². The van der Waals surface area contributed by atoms with Crippen LogP contribution in [0.4, 0.5) is 0 Å². The second kappa shape index (κ2) is 16.3. The average molecular weight is 522 g/mol. The molecule has 0 aromatic rings. The van der Waals surface area contributed by atoms with Crippen LogP contribution in [0, 0.1) is 0 Å². The Bertz CT molecular complexity index is 809. The average Bonchev–Trinajstić information content (AvgIpc) is 2.75. The number of thioether (sulfide) groups is 1. The number of carbonyl (C=O) groups is 7. The predicted octanol–water partition coefficient (Wildman–Crippen LogP) is -2.79. The van der Waals surface area contributed by atoms with Crippen molar-refractivity contribution in [1.82, 2.24) is 16.0 Å². The summed E-state index contributed by atoms with van der Waals surface area (Å²) in [5, 5.41) is 33.5. The van der Waals surface area contributed by atoms with Gasteiger partial charge in [0.15, 0.2) is 0 Å². The van der Waals surface area contributed by atoms with Crippen molar-refractivity contribution in [2.45, 2.75) is 62.7 Å². The molecule has 0 rings (SSSR count). The van der Waals surface area contributed by atoms with Gasteiger partial charge in [0.05, 0.1) is 12.5 Å². The molecule has 0 saturated heterocycles. The number of carboxylic acids is 3. The summed E-state index contributed by atoms with van der Waals surface area (Å²) < 4.78 is 0. The van der Waals surface area contributed by atoms with Gasteiger partial charge in [-0.05, 0) is 31.3 Å². The van der Waals surface area contributed by atoms with Crippen molar-refractivity contribution in [2.75, 3.05) is 12.0 Å². The third-order valence-electron chi connectivity index (χ3n) is 4.56. The number of carbonyl (C=O) groups excluding carboxylic acids is 4. The van der Waals surface area contributed by atoms with Crippen molar-refractivity contribution in [1.29, 1.82) is 0 Å². The monoisotopic (exact) mass is 521 g/mol. The molecule has 16 heteroatoms. The van der Waals surface area contributed by atoms with Gasteiger partial charge in [-0.15, -0.1) is 0 Å². The van der Waals surface area contributed by atoms with Gasteiger partial charge >= 0.3 is 17.9 Å². The zero-order valence-corrected chi connectivity index (χ0v) is 19.8. The van der Waals surface area contributed by atoms with Gasteiger partial charge in [-0.2, -0.15) is 11.8 Å². The van der Waals surface area contributed by atoms with Crippen LogP contribution in [0.25, 0.3) is 0 Å². The third kappa shape index (κ3) is 13.8. The van der Waals surface area contributed by atoms with Crippen molar-refractivity contribution in [3.05, 3.63) is 0 Å². The van der Waals surface area contributed by atoms with Gasteiger partial charge in [-0.3, -0.25) is 28.8 Å². The molecule has 4 unspecified atom stereocenters. The van der Waals surface area contributed by atoms with Crippen LogP contribution in [-0.2, 0) is 33.6 Å². The highest BCUT2D eigenvalue weighted by Gasteiger charge is 2.31. The number of aliphatic carboxylic acids is 3. The molecule has 4 atom stereocenters. The van der Waals surface area contributed by atoms with Crippen LogP contribution in [0.15, 0.2) is 0 Å². The van der Waals surface area contributed by atoms with E-state index in [1.807, 2.05) is 0 Å². The van der Waals surface area contributed by atoms with E-state index in [1.165, 1.54) is 11.8 Å². The molecule has 0 saturated carbocycles. The van der Waals surface area contributed by atoms with Crippen LogP contribution in [0.5, 0.6) is 0 Å². The maximum atomic E-state index is 12.7. The van der Waals surface area contributed by atoms with Crippen LogP contribution < -0.4 is 27.4 Å². The number of nitrogens with two attached hydrogens (primary N) is 2. The number of amides is 4. The van der Waals surface area contributed by atoms with Crippen LogP contribution in [-0.4, -0.2) is 93.0 Å². The number of rotatable bonds is 18. The van der Waals surface area contributed by atoms with Gasteiger partial charge in [0.1, 0.15) is 18.1 Å². The van der Waals surface area contributed by atoms with Gasteiger partial charge in [0.2, 0.25) is 23.6 Å². The first kappa shape index (κ1) is 31.6. The third-order valence-corrected chi connectivity index (χ3v) is 5.20. The molecule has 35 heavy (non-hydrogen) atoms. The summed E-state index contributed by atoms with van der Waals surface area (Å²) in [5.74, 6) is -7.55. The fourth-order valence-corrected chi connectivity index (χ4v) is 3.15. The Labute approximate surface area is 204 Å². The zero-order valence-electron chi connectivity index (χ0n) is 19.0. The summed E-state index contributed by atoms with van der Waals surface area (Å²) in [5.41, 5.74) is 10.8. The van der Waals surface area contributed by atoms with Crippen molar-refractivity contribution in [3.8, 4) is 0 Å². The number of carboxylic acid groups (broad SMARTS) is 3. The second-order valence-corrected chi connectivity index (χ2v) is 8.43. The molecular formula is C19H31N5O10S. The molecule has 10 N–H and O–H groups in total. The van der Waals surface area contributed by atoms with E-state index in [1.54, 1.807) is 6.26 Å². The molecule has 0 aliphatic carbocycles. The highest BCUT2D eigenvalue weighted by Crippen LogP contribution is 2.05. The fourth-order valence-electron chi connectivity index (χ4n) is 2.66. The first-order chi connectivity index (χ1) is 16.3. The van der Waals surface area contributed by atoms with Crippen molar-refractivity contribution >= 4 is 53.3 Å². The zero-order chi connectivity index (χ0) is 27.1. The number of hydrogen-bond acceptors (Lipinski definition) is 9. The highest BCUT2D eigenvalue weighted by atomic mass is 32.2. The Hall–Kier alpha value is -3.40. The quantitative estimate of drug-likeness (QED) is 0.0909. The molecule has 0 heterocycles. The van der Waals surface area contributed by atoms with E-state index in [4.69, 9.17) is 21.7 Å². The van der Waals surface area contributed by atoms with Gasteiger partial charge in [0.25, 0.3) is 0 Å². The van der Waals surface area contributed by atoms with E-state index in [0.29, 0.717) is 5.75 Å². The minimum Gasteiger partial charge on any atom is -0.481 e. The van der Waals surface area contributed by atoms with Crippen molar-refractivity contribution in [2.24, 2.45) is 11.5 Å². The van der Waals surface area contributed by atoms with Gasteiger partial charge < -0.3 is 42.7 Å². The summed E-state index contributed by atoms with van der Waals surface area (Å²) in [6.45, 7) is 0. The molecule has 0 radical (unpaired) electrons. The highest BCUT2D eigenvalue weighted by molar-refractivity contribution is 7.98. The SMILES string of the molecule is CSCCC(N)C(=O)NC(CC(=O)O)C(=O)NC(CCC(N)=O)C(=O)NC(CCC(=O)O)C(=O)O. The molecule has 0 spiro atoms. The molecule has 4 amide bonds. The smallest absolute Gasteiger partial charge is 0.326 e. The summed E-state index contributed by atoms with van der Waals surface area (Å²) in [4.78, 5) is 82.1. The lowest BCUT2D eigenvalue weighted by Crippen LogP contribution is -2.57. The van der Waals surface area contributed by atoms with E-state index >= 15 is 0 Å². The molecule has 0 bridgehead atoms. The maximum Gasteiger partial charge on any atom is 0.326 e. The molecule has 198 valence electrons. The maximum absolute atomic E-state index is 12.7. The standard InChI is InChI=1S/C19H31N5O10S/c1-35-7-6-9(20)16(30)24-12(8-15(28)29)18(32)22-10(2-4-13(21)25)17(31)23-11(19(33)34)3-5-14(26)27/h9-12H,2-8,20H2,1H3,(H2,21,25)(H,22,32)(H,23,31)(H,24,30)(H,26,27)(H,28,29)(H,33,34). The van der Waals surface area contributed by atoms with Gasteiger partial charge in [-0.1, -0.05) is 0 Å². The Morgan fingerprint density at radius 3 is 1.74 bits per heavy atom. The van der Waals surface area contributed by atoms with Crippen LogP contribution >= 0.6 is 11.8 Å². The first-order valence-electron chi connectivity index (χ1n) is 10.4. The summed E-state index contributed by atoms with van der Waals surface area (Å²) in [6, 6.07) is -5.81. The van der Waals surface area contributed by atoms with E-state index in [-0.39, 0.29) is 12.8 Å². The predicted molar refractivity (Wildman–Crippen MR) is 122 cm³/mol. The van der Waals surface area contributed by atoms with Crippen LogP contribution in [0.1, 0.15) is 38.5 Å². The molecule has 15 nitrogen and oxygen atoms in total. The Kier molecular flexibility index (Phi) is 14.7. The van der Waals surface area contributed by atoms with E-state index in [0.717, 1.165) is 0 Å². The van der Waals surface area contributed by atoms with E-state index in [9.17, 15) is 38.7 Å². The lowest BCUT2D eigenvalue weighted by Gasteiger charge is -2.24. The van der Waals surface area contributed by atoms with Crippen LogP contribution in [0.3, 0.4) is 0 Å². The second-order valence-electron chi connectivity index (χ2n) is 7.44.